The fraction of sp³-hybridized carbons (Fsp3) is 0.174. The van der Waals surface area contributed by atoms with Crippen molar-refractivity contribution < 1.29 is 13.2 Å². The molecule has 0 unspecified atom stereocenters. The van der Waals surface area contributed by atoms with E-state index in [2.05, 4.69) is 4.72 Å². The molecule has 0 spiro atoms. The molecule has 3 aromatic rings. The average molecular weight is 409 g/mol. The van der Waals surface area contributed by atoms with E-state index in [0.717, 1.165) is 11.1 Å². The monoisotopic (exact) mass is 408 g/mol. The third kappa shape index (κ3) is 4.84. The fourth-order valence-electron chi connectivity index (χ4n) is 3.06. The third-order valence-corrected chi connectivity index (χ3v) is 6.23. The van der Waals surface area contributed by atoms with Crippen LogP contribution >= 0.6 is 0 Å². The molecule has 0 aliphatic heterocycles. The van der Waals surface area contributed by atoms with Crippen LogP contribution in [0.15, 0.2) is 77.7 Å². The van der Waals surface area contributed by atoms with Crippen LogP contribution in [-0.2, 0) is 16.6 Å². The summed E-state index contributed by atoms with van der Waals surface area (Å²) in [4.78, 5) is 14.5. The number of nitrogens with zero attached hydrogens (tertiary/aromatic N) is 1. The second-order valence-electron chi connectivity index (χ2n) is 7.05. The molecule has 1 N–H and O–H groups in total. The van der Waals surface area contributed by atoms with E-state index in [0.29, 0.717) is 23.4 Å². The molecule has 0 bridgehead atoms. The van der Waals surface area contributed by atoms with Crippen LogP contribution in [0.5, 0.6) is 0 Å². The van der Waals surface area contributed by atoms with Gasteiger partial charge in [0, 0.05) is 19.2 Å². The Hall–Kier alpha value is -3.12. The van der Waals surface area contributed by atoms with Crippen molar-refractivity contribution in [2.75, 3.05) is 11.8 Å². The van der Waals surface area contributed by atoms with Crippen LogP contribution < -0.4 is 4.72 Å². The number of amides is 1. The van der Waals surface area contributed by atoms with Gasteiger partial charge in [-0.3, -0.25) is 9.52 Å². The second-order valence-corrected chi connectivity index (χ2v) is 8.70. The van der Waals surface area contributed by atoms with Gasteiger partial charge in [-0.15, -0.1) is 0 Å². The Kier molecular flexibility index (Phi) is 6.03. The van der Waals surface area contributed by atoms with Gasteiger partial charge in [0.15, 0.2) is 0 Å². The predicted octanol–water partition coefficient (Wildman–Crippen LogP) is 4.38. The first-order valence-electron chi connectivity index (χ1n) is 9.26. The van der Waals surface area contributed by atoms with Gasteiger partial charge in [-0.25, -0.2) is 8.42 Å². The van der Waals surface area contributed by atoms with Crippen molar-refractivity contribution in [1.82, 2.24) is 4.90 Å². The highest BCUT2D eigenvalue weighted by atomic mass is 32.2. The van der Waals surface area contributed by atoms with Crippen LogP contribution in [0.3, 0.4) is 0 Å². The Labute approximate surface area is 172 Å². The van der Waals surface area contributed by atoms with E-state index in [1.807, 2.05) is 49.4 Å². The number of rotatable bonds is 6. The van der Waals surface area contributed by atoms with E-state index in [9.17, 15) is 13.2 Å². The number of carbonyl (C=O) groups is 1. The summed E-state index contributed by atoms with van der Waals surface area (Å²) in [6, 6.07) is 21.6. The molecule has 0 heterocycles. The topological polar surface area (TPSA) is 66.5 Å². The quantitative estimate of drug-likeness (QED) is 0.658. The number of para-hydroxylation sites is 1. The lowest BCUT2D eigenvalue weighted by molar-refractivity contribution is 0.0785. The Bertz CT molecular complexity index is 1130. The molecule has 0 saturated heterocycles. The number of anilines is 1. The van der Waals surface area contributed by atoms with Gasteiger partial charge in [0.2, 0.25) is 0 Å². The molecule has 0 aliphatic rings. The smallest absolute Gasteiger partial charge is 0.262 e. The summed E-state index contributed by atoms with van der Waals surface area (Å²) in [7, 11) is -2.12. The lowest BCUT2D eigenvalue weighted by Crippen LogP contribution is -2.26. The Morgan fingerprint density at radius 3 is 2.24 bits per heavy atom. The van der Waals surface area contributed by atoms with E-state index in [4.69, 9.17) is 0 Å². The van der Waals surface area contributed by atoms with Crippen molar-refractivity contribution in [2.24, 2.45) is 0 Å². The third-order valence-electron chi connectivity index (χ3n) is 4.72. The number of benzene rings is 3. The van der Waals surface area contributed by atoms with Crippen LogP contribution in [0.2, 0.25) is 0 Å². The van der Waals surface area contributed by atoms with Crippen LogP contribution in [0.25, 0.3) is 0 Å². The van der Waals surface area contributed by atoms with Crippen molar-refractivity contribution in [3.05, 3.63) is 95.1 Å². The first-order valence-corrected chi connectivity index (χ1v) is 10.7. The average Bonchev–Trinajstić information content (AvgIpc) is 2.70. The number of sulfonamides is 1. The van der Waals surface area contributed by atoms with Crippen molar-refractivity contribution >= 4 is 21.6 Å². The van der Waals surface area contributed by atoms with Crippen LogP contribution in [0, 0.1) is 13.8 Å². The highest BCUT2D eigenvalue weighted by Crippen LogP contribution is 2.23. The summed E-state index contributed by atoms with van der Waals surface area (Å²) < 4.78 is 28.6. The molecular weight excluding hydrogens is 384 g/mol. The minimum Gasteiger partial charge on any atom is -0.337 e. The maximum Gasteiger partial charge on any atom is 0.262 e. The summed E-state index contributed by atoms with van der Waals surface area (Å²) in [5.41, 5.74) is 3.26. The number of hydrogen-bond acceptors (Lipinski definition) is 3. The van der Waals surface area contributed by atoms with Gasteiger partial charge in [-0.05, 0) is 48.7 Å². The van der Waals surface area contributed by atoms with Crippen LogP contribution in [0.4, 0.5) is 5.69 Å². The molecule has 0 saturated carbocycles. The number of hydrogen-bond donors (Lipinski definition) is 1. The molecule has 0 aromatic heterocycles. The number of carbonyl (C=O) groups excluding carboxylic acids is 1. The second kappa shape index (κ2) is 8.49. The van der Waals surface area contributed by atoms with E-state index in [-0.39, 0.29) is 10.8 Å². The Morgan fingerprint density at radius 1 is 0.897 bits per heavy atom. The van der Waals surface area contributed by atoms with Gasteiger partial charge in [0.1, 0.15) is 0 Å². The van der Waals surface area contributed by atoms with E-state index >= 15 is 0 Å². The summed E-state index contributed by atoms with van der Waals surface area (Å²) in [5.74, 6) is -0.235. The molecule has 5 nitrogen and oxygen atoms in total. The zero-order valence-electron chi connectivity index (χ0n) is 16.7. The lowest BCUT2D eigenvalue weighted by atomic mass is 10.1. The minimum atomic E-state index is -3.83. The van der Waals surface area contributed by atoms with Crippen molar-refractivity contribution in [1.29, 1.82) is 0 Å². The van der Waals surface area contributed by atoms with Crippen molar-refractivity contribution in [2.45, 2.75) is 25.3 Å². The van der Waals surface area contributed by atoms with Gasteiger partial charge in [-0.2, -0.15) is 0 Å². The maximum absolute atomic E-state index is 13.0. The lowest BCUT2D eigenvalue weighted by Gasteiger charge is -2.19. The largest absolute Gasteiger partial charge is 0.337 e. The summed E-state index contributed by atoms with van der Waals surface area (Å²) in [6.45, 7) is 3.99. The SMILES string of the molecule is Cc1ccccc1NS(=O)(=O)c1cc(C(=O)N(C)Cc2ccccc2)ccc1C. The summed E-state index contributed by atoms with van der Waals surface area (Å²) >= 11 is 0. The standard InChI is InChI=1S/C23H24N2O3S/c1-17-9-7-8-12-21(17)24-29(27,28)22-15-20(14-13-18(22)2)23(26)25(3)16-19-10-5-4-6-11-19/h4-15,24H,16H2,1-3H3. The number of aryl methyl sites for hydroxylation is 2. The number of nitrogens with one attached hydrogen (secondary N) is 1. The molecule has 0 aliphatic carbocycles. The van der Waals surface area contributed by atoms with E-state index in [1.54, 1.807) is 43.1 Å². The molecule has 0 radical (unpaired) electrons. The first kappa shape index (κ1) is 20.6. The summed E-state index contributed by atoms with van der Waals surface area (Å²) in [5, 5.41) is 0. The normalized spacial score (nSPS) is 11.1. The highest BCUT2D eigenvalue weighted by Gasteiger charge is 2.21. The van der Waals surface area contributed by atoms with Crippen molar-refractivity contribution in [3.8, 4) is 0 Å². The molecule has 29 heavy (non-hydrogen) atoms. The molecule has 1 amide bonds. The zero-order valence-corrected chi connectivity index (χ0v) is 17.5. The predicted molar refractivity (Wildman–Crippen MR) is 115 cm³/mol. The summed E-state index contributed by atoms with van der Waals surface area (Å²) in [6.07, 6.45) is 0. The Balaban J connectivity index is 1.87. The molecular formula is C23H24N2O3S. The highest BCUT2D eigenvalue weighted by molar-refractivity contribution is 7.92. The Morgan fingerprint density at radius 2 is 1.55 bits per heavy atom. The van der Waals surface area contributed by atoms with Crippen LogP contribution in [0.1, 0.15) is 27.0 Å². The van der Waals surface area contributed by atoms with Crippen LogP contribution in [-0.4, -0.2) is 26.3 Å². The van der Waals surface area contributed by atoms with Crippen molar-refractivity contribution in [3.63, 3.8) is 0 Å². The van der Waals surface area contributed by atoms with E-state index < -0.39 is 10.0 Å². The molecule has 6 heteroatoms. The molecule has 0 fully saturated rings. The zero-order chi connectivity index (χ0) is 21.0. The van der Waals surface area contributed by atoms with Gasteiger partial charge in [-0.1, -0.05) is 54.6 Å². The van der Waals surface area contributed by atoms with Gasteiger partial charge in [0.05, 0.1) is 10.6 Å². The first-order chi connectivity index (χ1) is 13.8. The molecule has 0 atom stereocenters. The van der Waals surface area contributed by atoms with Gasteiger partial charge < -0.3 is 4.90 Å². The molecule has 3 rings (SSSR count). The maximum atomic E-state index is 13.0. The van der Waals surface area contributed by atoms with Gasteiger partial charge >= 0.3 is 0 Å². The molecule has 150 valence electrons. The van der Waals surface area contributed by atoms with E-state index in [1.165, 1.54) is 6.07 Å². The minimum absolute atomic E-state index is 0.0970. The van der Waals surface area contributed by atoms with Gasteiger partial charge in [0.25, 0.3) is 15.9 Å². The molecule has 3 aromatic carbocycles. The fourth-order valence-corrected chi connectivity index (χ4v) is 4.46.